The van der Waals surface area contributed by atoms with E-state index in [1.165, 1.54) is 22.9 Å². The Morgan fingerprint density at radius 3 is 2.55 bits per heavy atom. The number of benzene rings is 2. The molecule has 2 aromatic carbocycles. The summed E-state index contributed by atoms with van der Waals surface area (Å²) in [4.78, 5) is 13.3. The topological polar surface area (TPSA) is 71.8 Å². The number of hydrogen-bond acceptors (Lipinski definition) is 5. The van der Waals surface area contributed by atoms with Gasteiger partial charge in [0.25, 0.3) is 0 Å². The lowest BCUT2D eigenvalue weighted by atomic mass is 10.0. The third-order valence-electron chi connectivity index (χ3n) is 5.29. The van der Waals surface area contributed by atoms with Gasteiger partial charge in [0.1, 0.15) is 5.25 Å². The Balaban J connectivity index is 1.66. The molecule has 6 nitrogen and oxygen atoms in total. The van der Waals surface area contributed by atoms with Crippen LogP contribution in [-0.4, -0.2) is 26.0 Å². The molecule has 0 saturated carbocycles. The number of anilines is 1. The summed E-state index contributed by atoms with van der Waals surface area (Å²) in [5.41, 5.74) is 8.89. The second kappa shape index (κ2) is 7.91. The van der Waals surface area contributed by atoms with Crippen molar-refractivity contribution in [1.29, 1.82) is 0 Å². The van der Waals surface area contributed by atoms with Crippen LogP contribution in [0.3, 0.4) is 0 Å². The Morgan fingerprint density at radius 2 is 1.86 bits per heavy atom. The van der Waals surface area contributed by atoms with Gasteiger partial charge in [-0.1, -0.05) is 54.6 Å². The van der Waals surface area contributed by atoms with Gasteiger partial charge in [0.05, 0.1) is 6.04 Å². The summed E-state index contributed by atoms with van der Waals surface area (Å²) < 4.78 is 1.91. The predicted octanol–water partition coefficient (Wildman–Crippen LogP) is 4.16. The Morgan fingerprint density at radius 1 is 1.10 bits per heavy atom. The lowest BCUT2D eigenvalue weighted by Crippen LogP contribution is -2.41. The second-order valence-corrected chi connectivity index (χ2v) is 8.54. The first-order valence-electron chi connectivity index (χ1n) is 9.78. The molecule has 0 aliphatic carbocycles. The first-order valence-corrected chi connectivity index (χ1v) is 10.7. The number of thioether (sulfide) groups is 1. The molecular formula is C22H25N5OS. The molecule has 0 bridgehead atoms. The van der Waals surface area contributed by atoms with Crippen LogP contribution >= 0.6 is 11.8 Å². The van der Waals surface area contributed by atoms with Crippen LogP contribution in [0.4, 0.5) is 5.69 Å². The predicted molar refractivity (Wildman–Crippen MR) is 117 cm³/mol. The van der Waals surface area contributed by atoms with Crippen molar-refractivity contribution >= 4 is 23.4 Å². The molecule has 29 heavy (non-hydrogen) atoms. The molecular weight excluding hydrogens is 382 g/mol. The van der Waals surface area contributed by atoms with Gasteiger partial charge >= 0.3 is 0 Å². The molecule has 0 saturated heterocycles. The maximum absolute atomic E-state index is 13.3. The number of rotatable bonds is 4. The van der Waals surface area contributed by atoms with Crippen LogP contribution in [0.15, 0.2) is 47.6 Å². The van der Waals surface area contributed by atoms with Crippen LogP contribution in [0.1, 0.15) is 41.0 Å². The molecule has 1 aromatic heterocycles. The van der Waals surface area contributed by atoms with Crippen molar-refractivity contribution in [1.82, 2.24) is 14.9 Å². The van der Waals surface area contributed by atoms with Gasteiger partial charge in [-0.25, -0.2) is 4.68 Å². The molecule has 0 radical (unpaired) electrons. The van der Waals surface area contributed by atoms with E-state index < -0.39 is 0 Å². The minimum absolute atomic E-state index is 0.0522. The molecule has 1 aliphatic rings. The van der Waals surface area contributed by atoms with Gasteiger partial charge in [-0.05, 0) is 49.6 Å². The normalized spacial score (nSPS) is 18.1. The highest BCUT2D eigenvalue weighted by Crippen LogP contribution is 2.37. The van der Waals surface area contributed by atoms with Crippen LogP contribution in [0.2, 0.25) is 0 Å². The van der Waals surface area contributed by atoms with E-state index in [4.69, 9.17) is 0 Å². The molecule has 4 rings (SSSR count). The fourth-order valence-corrected chi connectivity index (χ4v) is 4.48. The maximum atomic E-state index is 13.3. The van der Waals surface area contributed by atoms with Crippen molar-refractivity contribution in [2.24, 2.45) is 0 Å². The van der Waals surface area contributed by atoms with Crippen LogP contribution in [-0.2, 0) is 11.2 Å². The Hall–Kier alpha value is -2.80. The minimum atomic E-state index is -0.374. The molecule has 2 N–H and O–H groups in total. The number of aryl methyl sites for hydroxylation is 4. The van der Waals surface area contributed by atoms with Crippen molar-refractivity contribution in [3.05, 3.63) is 70.5 Å². The summed E-state index contributed by atoms with van der Waals surface area (Å²) in [6.07, 6.45) is 0.765. The molecule has 7 heteroatoms. The van der Waals surface area contributed by atoms with E-state index >= 15 is 0 Å². The van der Waals surface area contributed by atoms with E-state index in [0.717, 1.165) is 29.1 Å². The van der Waals surface area contributed by atoms with Crippen molar-refractivity contribution < 1.29 is 4.79 Å². The largest absolute Gasteiger partial charge is 0.325 e. The zero-order valence-corrected chi connectivity index (χ0v) is 17.9. The molecule has 0 spiro atoms. The summed E-state index contributed by atoms with van der Waals surface area (Å²) in [7, 11) is 0. The zero-order valence-electron chi connectivity index (χ0n) is 17.1. The molecule has 2 heterocycles. The Kier molecular flexibility index (Phi) is 5.32. The van der Waals surface area contributed by atoms with Crippen molar-refractivity contribution in [3.8, 4) is 0 Å². The number of amides is 1. The highest BCUT2D eigenvalue weighted by atomic mass is 32.2. The SMILES string of the molecule is CCc1nnc2n1N[C@@H](c1ccc(C)cc1)[C@@H](C(=O)Nc1ccc(C)c(C)c1)S2. The summed E-state index contributed by atoms with van der Waals surface area (Å²) in [6.45, 7) is 8.21. The summed E-state index contributed by atoms with van der Waals surface area (Å²) in [6, 6.07) is 14.1. The number of fused-ring (bicyclic) bond motifs is 1. The number of hydrogen-bond donors (Lipinski definition) is 2. The highest BCUT2D eigenvalue weighted by Gasteiger charge is 2.37. The van der Waals surface area contributed by atoms with Gasteiger partial charge in [-0.2, -0.15) is 0 Å². The van der Waals surface area contributed by atoms with E-state index in [9.17, 15) is 4.79 Å². The molecule has 150 valence electrons. The average Bonchev–Trinajstić information content (AvgIpc) is 3.12. The maximum Gasteiger partial charge on any atom is 0.240 e. The number of aromatic nitrogens is 3. The monoisotopic (exact) mass is 407 g/mol. The Labute approximate surface area is 175 Å². The highest BCUT2D eigenvalue weighted by molar-refractivity contribution is 8.00. The van der Waals surface area contributed by atoms with Crippen LogP contribution in [0.25, 0.3) is 0 Å². The fraction of sp³-hybridized carbons (Fsp3) is 0.318. The number of carbonyl (C=O) groups excluding carboxylic acids is 1. The number of nitrogens with zero attached hydrogens (tertiary/aromatic N) is 3. The lowest BCUT2D eigenvalue weighted by Gasteiger charge is -2.33. The van der Waals surface area contributed by atoms with Gasteiger partial charge < -0.3 is 10.7 Å². The quantitative estimate of drug-likeness (QED) is 0.679. The van der Waals surface area contributed by atoms with Crippen molar-refractivity contribution in [2.45, 2.75) is 50.6 Å². The van der Waals surface area contributed by atoms with Gasteiger partial charge in [0, 0.05) is 12.1 Å². The molecule has 0 unspecified atom stereocenters. The summed E-state index contributed by atoms with van der Waals surface area (Å²) >= 11 is 1.45. The van der Waals surface area contributed by atoms with E-state index in [-0.39, 0.29) is 17.2 Å². The molecule has 1 aliphatic heterocycles. The van der Waals surface area contributed by atoms with Crippen LogP contribution in [0.5, 0.6) is 0 Å². The second-order valence-electron chi connectivity index (χ2n) is 7.43. The standard InChI is InChI=1S/C22H25N5OS/c1-5-18-24-25-22-27(18)26-19(16-9-6-13(2)7-10-16)20(29-22)21(28)23-17-11-8-14(3)15(4)12-17/h6-12,19-20,26H,5H2,1-4H3,(H,23,28)/t19-,20-/m0/s1. The van der Waals surface area contributed by atoms with Gasteiger partial charge in [0.15, 0.2) is 5.82 Å². The average molecular weight is 408 g/mol. The van der Waals surface area contributed by atoms with Crippen molar-refractivity contribution in [2.75, 3.05) is 10.7 Å². The van der Waals surface area contributed by atoms with Crippen LogP contribution < -0.4 is 10.7 Å². The third-order valence-corrected chi connectivity index (χ3v) is 6.50. The lowest BCUT2D eigenvalue weighted by molar-refractivity contribution is -0.116. The first-order chi connectivity index (χ1) is 14.0. The number of carbonyl (C=O) groups is 1. The van der Waals surface area contributed by atoms with E-state index in [2.05, 4.69) is 59.1 Å². The smallest absolute Gasteiger partial charge is 0.240 e. The fourth-order valence-electron chi connectivity index (χ4n) is 3.38. The van der Waals surface area contributed by atoms with Crippen LogP contribution in [0, 0.1) is 20.8 Å². The Bertz CT molecular complexity index is 1040. The molecule has 0 fully saturated rings. The van der Waals surface area contributed by atoms with Gasteiger partial charge in [-0.3, -0.25) is 4.79 Å². The minimum Gasteiger partial charge on any atom is -0.325 e. The van der Waals surface area contributed by atoms with E-state index in [1.54, 1.807) is 0 Å². The molecule has 1 amide bonds. The van der Waals surface area contributed by atoms with E-state index in [0.29, 0.717) is 5.16 Å². The number of nitrogens with one attached hydrogen (secondary N) is 2. The summed E-state index contributed by atoms with van der Waals surface area (Å²) in [5, 5.41) is 11.9. The first kappa shape index (κ1) is 19.5. The van der Waals surface area contributed by atoms with E-state index in [1.807, 2.05) is 36.7 Å². The molecule has 3 aromatic rings. The van der Waals surface area contributed by atoms with Gasteiger partial charge in [-0.15, -0.1) is 10.2 Å². The summed E-state index contributed by atoms with van der Waals surface area (Å²) in [5.74, 6) is 0.807. The third kappa shape index (κ3) is 3.87. The molecule has 2 atom stereocenters. The zero-order chi connectivity index (χ0) is 20.5. The van der Waals surface area contributed by atoms with Gasteiger partial charge in [0.2, 0.25) is 11.1 Å². The van der Waals surface area contributed by atoms with Crippen molar-refractivity contribution in [3.63, 3.8) is 0 Å².